The number of amides is 1. The SMILES string of the molecule is O=C(Nc1ccc2c(c1)N(S(=O)(=O)C1CCC(Cl)S1)NC2)c1c(F)cccc1Cl. The summed E-state index contributed by atoms with van der Waals surface area (Å²) in [5, 5.41) is 2.57. The predicted octanol–water partition coefficient (Wildman–Crippen LogP) is 4.30. The van der Waals surface area contributed by atoms with Crippen LogP contribution in [0.2, 0.25) is 5.02 Å². The third-order valence-electron chi connectivity index (χ3n) is 4.68. The molecule has 2 N–H and O–H groups in total. The van der Waals surface area contributed by atoms with Crippen LogP contribution in [0.1, 0.15) is 28.8 Å². The van der Waals surface area contributed by atoms with Crippen molar-refractivity contribution in [3.8, 4) is 0 Å². The molecule has 0 aromatic heterocycles. The zero-order chi connectivity index (χ0) is 20.8. The van der Waals surface area contributed by atoms with Crippen LogP contribution in [0.15, 0.2) is 36.4 Å². The minimum Gasteiger partial charge on any atom is -0.322 e. The number of hydrogen-bond acceptors (Lipinski definition) is 5. The average Bonchev–Trinajstić information content (AvgIpc) is 3.28. The second kappa shape index (κ2) is 7.96. The number of rotatable bonds is 4. The molecule has 154 valence electrons. The molecule has 2 unspecified atom stereocenters. The third-order valence-corrected chi connectivity index (χ3v) is 9.39. The summed E-state index contributed by atoms with van der Waals surface area (Å²) in [5.41, 5.74) is 4.12. The molecular weight excluding hydrogens is 460 g/mol. The number of carbonyl (C=O) groups excluding carboxylic acids is 1. The molecule has 2 aromatic carbocycles. The molecule has 2 aliphatic heterocycles. The maximum absolute atomic E-state index is 14.0. The van der Waals surface area contributed by atoms with Gasteiger partial charge >= 0.3 is 0 Å². The van der Waals surface area contributed by atoms with Crippen molar-refractivity contribution in [3.05, 3.63) is 58.4 Å². The Hall–Kier alpha value is -1.52. The molecule has 0 aliphatic carbocycles. The summed E-state index contributed by atoms with van der Waals surface area (Å²) >= 11 is 13.2. The zero-order valence-electron chi connectivity index (χ0n) is 14.9. The van der Waals surface area contributed by atoms with Crippen LogP contribution in [0.5, 0.6) is 0 Å². The van der Waals surface area contributed by atoms with E-state index in [2.05, 4.69) is 10.7 Å². The van der Waals surface area contributed by atoms with Crippen LogP contribution in [0.4, 0.5) is 15.8 Å². The molecule has 2 aromatic rings. The lowest BCUT2D eigenvalue weighted by molar-refractivity contribution is 0.102. The first kappa shape index (κ1) is 20.7. The van der Waals surface area contributed by atoms with E-state index in [4.69, 9.17) is 23.2 Å². The quantitative estimate of drug-likeness (QED) is 0.644. The van der Waals surface area contributed by atoms with Gasteiger partial charge in [0, 0.05) is 12.2 Å². The van der Waals surface area contributed by atoms with Gasteiger partial charge in [-0.25, -0.2) is 22.6 Å². The number of anilines is 2. The molecule has 29 heavy (non-hydrogen) atoms. The summed E-state index contributed by atoms with van der Waals surface area (Å²) in [7, 11) is -3.69. The lowest BCUT2D eigenvalue weighted by Gasteiger charge is -2.23. The van der Waals surface area contributed by atoms with Crippen LogP contribution in [0, 0.1) is 5.82 Å². The lowest BCUT2D eigenvalue weighted by atomic mass is 10.1. The maximum Gasteiger partial charge on any atom is 0.260 e. The number of benzene rings is 2. The molecule has 0 bridgehead atoms. The maximum atomic E-state index is 14.0. The fourth-order valence-corrected chi connectivity index (χ4v) is 7.65. The highest BCUT2D eigenvalue weighted by atomic mass is 35.5. The summed E-state index contributed by atoms with van der Waals surface area (Å²) in [6, 6.07) is 8.85. The number of hydrogen-bond donors (Lipinski definition) is 2. The van der Waals surface area contributed by atoms with Gasteiger partial charge in [-0.1, -0.05) is 23.7 Å². The number of hydrazine groups is 1. The normalized spacial score (nSPS) is 21.3. The van der Waals surface area contributed by atoms with Crippen LogP contribution < -0.4 is 15.2 Å². The first-order valence-corrected chi connectivity index (χ1v) is 12.0. The Kier molecular flexibility index (Phi) is 5.69. The van der Waals surface area contributed by atoms with Crippen LogP contribution in [0.3, 0.4) is 0 Å². The molecule has 0 radical (unpaired) electrons. The van der Waals surface area contributed by atoms with Crippen LogP contribution in [-0.4, -0.2) is 23.6 Å². The number of alkyl halides is 1. The first-order valence-electron chi connectivity index (χ1n) is 8.73. The Balaban J connectivity index is 1.60. The second-order valence-corrected chi connectivity index (χ2v) is 11.5. The highest BCUT2D eigenvalue weighted by Crippen LogP contribution is 2.42. The molecule has 11 heteroatoms. The third kappa shape index (κ3) is 3.94. The van der Waals surface area contributed by atoms with Gasteiger partial charge in [0.05, 0.1) is 21.0 Å². The van der Waals surface area contributed by atoms with E-state index in [1.165, 1.54) is 30.0 Å². The van der Waals surface area contributed by atoms with Crippen LogP contribution >= 0.6 is 35.0 Å². The number of sulfonamides is 1. The Labute approximate surface area is 181 Å². The van der Waals surface area contributed by atoms with Crippen molar-refractivity contribution in [2.75, 3.05) is 9.73 Å². The number of nitrogens with one attached hydrogen (secondary N) is 2. The van der Waals surface area contributed by atoms with E-state index < -0.39 is 26.3 Å². The summed E-state index contributed by atoms with van der Waals surface area (Å²) < 4.78 is 40.3. The van der Waals surface area contributed by atoms with Gasteiger partial charge in [-0.3, -0.25) is 4.79 Å². The fourth-order valence-electron chi connectivity index (χ4n) is 3.26. The monoisotopic (exact) mass is 475 g/mol. The van der Waals surface area contributed by atoms with Crippen LogP contribution in [-0.2, 0) is 16.6 Å². The van der Waals surface area contributed by atoms with E-state index in [0.29, 0.717) is 30.8 Å². The van der Waals surface area contributed by atoms with Gasteiger partial charge < -0.3 is 5.32 Å². The van der Waals surface area contributed by atoms with Crippen LogP contribution in [0.25, 0.3) is 0 Å². The van der Waals surface area contributed by atoms with Crippen molar-refractivity contribution < 1.29 is 17.6 Å². The molecule has 0 saturated carbocycles. The number of carbonyl (C=O) groups is 1. The Bertz CT molecular complexity index is 1060. The number of thioether (sulfide) groups is 1. The van der Waals surface area contributed by atoms with Gasteiger partial charge in [0.2, 0.25) is 0 Å². The minimum atomic E-state index is -3.69. The Morgan fingerprint density at radius 3 is 2.76 bits per heavy atom. The Morgan fingerprint density at radius 2 is 2.07 bits per heavy atom. The van der Waals surface area contributed by atoms with Gasteiger partial charge in [-0.15, -0.1) is 23.4 Å². The molecule has 1 amide bonds. The summed E-state index contributed by atoms with van der Waals surface area (Å²) in [4.78, 5) is 12.5. The van der Waals surface area contributed by atoms with Crippen molar-refractivity contribution in [2.45, 2.75) is 28.7 Å². The highest BCUT2D eigenvalue weighted by Gasteiger charge is 2.41. The fraction of sp³-hybridized carbons (Fsp3) is 0.278. The van der Waals surface area contributed by atoms with Crippen molar-refractivity contribution in [3.63, 3.8) is 0 Å². The molecular formula is C18H16Cl2FN3O3S2. The van der Waals surface area contributed by atoms with E-state index in [0.717, 1.165) is 16.0 Å². The smallest absolute Gasteiger partial charge is 0.260 e. The van der Waals surface area contributed by atoms with Crippen molar-refractivity contribution in [1.29, 1.82) is 0 Å². The van der Waals surface area contributed by atoms with Crippen molar-refractivity contribution in [1.82, 2.24) is 5.43 Å². The largest absolute Gasteiger partial charge is 0.322 e. The van der Waals surface area contributed by atoms with Gasteiger partial charge in [-0.2, -0.15) is 0 Å². The lowest BCUT2D eigenvalue weighted by Crippen LogP contribution is -2.42. The molecule has 4 rings (SSSR count). The molecule has 2 aliphatic rings. The Morgan fingerprint density at radius 1 is 1.28 bits per heavy atom. The van der Waals surface area contributed by atoms with Gasteiger partial charge in [-0.05, 0) is 42.7 Å². The van der Waals surface area contributed by atoms with Gasteiger partial charge in [0.25, 0.3) is 15.9 Å². The zero-order valence-corrected chi connectivity index (χ0v) is 18.0. The average molecular weight is 476 g/mol. The predicted molar refractivity (Wildman–Crippen MR) is 114 cm³/mol. The minimum absolute atomic E-state index is 0.0107. The van der Waals surface area contributed by atoms with Crippen molar-refractivity contribution in [2.24, 2.45) is 0 Å². The number of halogens is 3. The van der Waals surface area contributed by atoms with Crippen molar-refractivity contribution >= 4 is 62.3 Å². The molecule has 1 fully saturated rings. The van der Waals surface area contributed by atoms with E-state index in [1.54, 1.807) is 12.1 Å². The topological polar surface area (TPSA) is 78.5 Å². The number of nitrogens with zero attached hydrogens (tertiary/aromatic N) is 1. The summed E-state index contributed by atoms with van der Waals surface area (Å²) in [5.74, 6) is -1.46. The van der Waals surface area contributed by atoms with E-state index in [9.17, 15) is 17.6 Å². The van der Waals surface area contributed by atoms with Gasteiger partial charge in [0.1, 0.15) is 10.4 Å². The first-order chi connectivity index (χ1) is 13.8. The molecule has 6 nitrogen and oxygen atoms in total. The standard InChI is InChI=1S/C18H16Cl2FN3O3S2/c19-12-2-1-3-13(21)17(12)18(25)23-11-5-4-10-9-22-24(14(10)8-11)29(26,27)16-7-6-15(20)28-16/h1-5,8,15-16,22H,6-7,9H2,(H,23,25). The molecule has 2 atom stereocenters. The molecule has 0 spiro atoms. The van der Waals surface area contributed by atoms with E-state index >= 15 is 0 Å². The highest BCUT2D eigenvalue weighted by molar-refractivity contribution is 8.15. The second-order valence-electron chi connectivity index (χ2n) is 6.59. The van der Waals surface area contributed by atoms with E-state index in [-0.39, 0.29) is 15.3 Å². The van der Waals surface area contributed by atoms with Gasteiger partial charge in [0.15, 0.2) is 0 Å². The molecule has 1 saturated heterocycles. The number of fused-ring (bicyclic) bond motifs is 1. The molecule has 2 heterocycles. The summed E-state index contributed by atoms with van der Waals surface area (Å²) in [6.45, 7) is 0.337. The summed E-state index contributed by atoms with van der Waals surface area (Å²) in [6.07, 6.45) is 1.09. The van der Waals surface area contributed by atoms with E-state index in [1.807, 2.05) is 0 Å².